The molecule has 3 nitrogen and oxygen atoms in total. The predicted molar refractivity (Wildman–Crippen MR) is 92.1 cm³/mol. The highest BCUT2D eigenvalue weighted by molar-refractivity contribution is 5.68. The lowest BCUT2D eigenvalue weighted by Crippen LogP contribution is -2.01. The Balaban J connectivity index is 1.80. The maximum atomic E-state index is 14.5. The molecule has 25 heavy (non-hydrogen) atoms. The quantitative estimate of drug-likeness (QED) is 0.679. The molecule has 0 amide bonds. The first kappa shape index (κ1) is 17.1. The number of halogens is 3. The summed E-state index contributed by atoms with van der Waals surface area (Å²) in [5, 5.41) is 6.90. The molecule has 0 saturated carbocycles. The first-order chi connectivity index (χ1) is 12.0. The van der Waals surface area contributed by atoms with Gasteiger partial charge in [0.25, 0.3) is 0 Å². The zero-order valence-corrected chi connectivity index (χ0v) is 13.9. The van der Waals surface area contributed by atoms with E-state index in [1.54, 1.807) is 19.1 Å². The monoisotopic (exact) mass is 345 g/mol. The van der Waals surface area contributed by atoms with E-state index in [9.17, 15) is 13.2 Å². The zero-order valence-electron chi connectivity index (χ0n) is 13.9. The van der Waals surface area contributed by atoms with Crippen LogP contribution in [0.25, 0.3) is 11.1 Å². The van der Waals surface area contributed by atoms with Gasteiger partial charge in [0.2, 0.25) is 0 Å². The van der Waals surface area contributed by atoms with Gasteiger partial charge in [-0.2, -0.15) is 13.9 Å². The molecule has 3 rings (SSSR count). The first-order valence-corrected chi connectivity index (χ1v) is 7.88. The van der Waals surface area contributed by atoms with Crippen LogP contribution in [0.5, 0.6) is 0 Å². The fraction of sp³-hybridized carbons (Fsp3) is 0.211. The number of benzene rings is 2. The van der Waals surface area contributed by atoms with Crippen LogP contribution in [-0.4, -0.2) is 9.78 Å². The first-order valence-electron chi connectivity index (χ1n) is 7.88. The van der Waals surface area contributed by atoms with E-state index in [0.717, 1.165) is 11.1 Å². The van der Waals surface area contributed by atoms with Gasteiger partial charge in [0, 0.05) is 29.6 Å². The molecule has 0 unspecified atom stereocenters. The minimum Gasteiger partial charge on any atom is -0.381 e. The number of nitrogens with zero attached hydrogens (tertiary/aromatic N) is 2. The predicted octanol–water partition coefficient (Wildman–Crippen LogP) is 5.31. The summed E-state index contributed by atoms with van der Waals surface area (Å²) < 4.78 is 40.5. The second kappa shape index (κ2) is 7.01. The van der Waals surface area contributed by atoms with Gasteiger partial charge in [0.1, 0.15) is 5.82 Å². The molecule has 0 saturated heterocycles. The van der Waals surface area contributed by atoms with Crippen LogP contribution in [0.2, 0.25) is 0 Å². The van der Waals surface area contributed by atoms with Crippen LogP contribution in [0.3, 0.4) is 0 Å². The molecule has 130 valence electrons. The Labute approximate surface area is 144 Å². The van der Waals surface area contributed by atoms with Crippen LogP contribution in [-0.2, 0) is 6.54 Å². The van der Waals surface area contributed by atoms with Gasteiger partial charge >= 0.3 is 6.55 Å². The highest BCUT2D eigenvalue weighted by Crippen LogP contribution is 2.29. The molecule has 2 aromatic carbocycles. The standard InChI is InChI=1S/C19H18F3N3/c1-12-5-3-4-6-14(12)10-23-15-7-8-16(18(20)9-15)17-11-25(19(21)22)24-13(17)2/h3-9,11,19,23H,10H2,1-2H3. The van der Waals surface area contributed by atoms with Crippen molar-refractivity contribution in [1.29, 1.82) is 0 Å². The van der Waals surface area contributed by atoms with Crippen LogP contribution >= 0.6 is 0 Å². The van der Waals surface area contributed by atoms with Gasteiger partial charge in [-0.1, -0.05) is 24.3 Å². The SMILES string of the molecule is Cc1ccccc1CNc1ccc(-c2cn(C(F)F)nc2C)c(F)c1. The van der Waals surface area contributed by atoms with Crippen LogP contribution in [0.1, 0.15) is 23.4 Å². The lowest BCUT2D eigenvalue weighted by molar-refractivity contribution is 0.0563. The van der Waals surface area contributed by atoms with Crippen molar-refractivity contribution in [3.05, 3.63) is 71.3 Å². The van der Waals surface area contributed by atoms with Gasteiger partial charge in [-0.15, -0.1) is 0 Å². The lowest BCUT2D eigenvalue weighted by atomic mass is 10.1. The number of anilines is 1. The summed E-state index contributed by atoms with van der Waals surface area (Å²) in [6.45, 7) is 1.43. The fourth-order valence-electron chi connectivity index (χ4n) is 2.70. The topological polar surface area (TPSA) is 29.9 Å². The van der Waals surface area contributed by atoms with Crippen molar-refractivity contribution in [2.45, 2.75) is 26.9 Å². The summed E-state index contributed by atoms with van der Waals surface area (Å²) in [6.07, 6.45) is 1.17. The Hall–Kier alpha value is -2.76. The van der Waals surface area contributed by atoms with Crippen LogP contribution in [0.15, 0.2) is 48.7 Å². The summed E-state index contributed by atoms with van der Waals surface area (Å²) in [4.78, 5) is 0. The maximum Gasteiger partial charge on any atom is 0.333 e. The van der Waals surface area contributed by atoms with Gasteiger partial charge in [0.05, 0.1) is 5.69 Å². The average molecular weight is 345 g/mol. The van der Waals surface area contributed by atoms with Crippen LogP contribution < -0.4 is 5.32 Å². The van der Waals surface area contributed by atoms with E-state index in [0.29, 0.717) is 28.2 Å². The summed E-state index contributed by atoms with van der Waals surface area (Å²) >= 11 is 0. The average Bonchev–Trinajstić information content (AvgIpc) is 2.96. The third kappa shape index (κ3) is 3.68. The summed E-state index contributed by atoms with van der Waals surface area (Å²) in [5.74, 6) is -0.480. The summed E-state index contributed by atoms with van der Waals surface area (Å²) in [6, 6.07) is 12.6. The molecule has 1 N–H and O–H groups in total. The van der Waals surface area contributed by atoms with Gasteiger partial charge in [-0.3, -0.25) is 0 Å². The molecule has 0 aliphatic carbocycles. The summed E-state index contributed by atoms with van der Waals surface area (Å²) in [5.41, 5.74) is 3.89. The van der Waals surface area contributed by atoms with E-state index >= 15 is 0 Å². The number of hydrogen-bond acceptors (Lipinski definition) is 2. The number of hydrogen-bond donors (Lipinski definition) is 1. The zero-order chi connectivity index (χ0) is 18.0. The highest BCUT2D eigenvalue weighted by Gasteiger charge is 2.15. The molecule has 1 heterocycles. The van der Waals surface area contributed by atoms with Crippen LogP contribution in [0.4, 0.5) is 18.9 Å². The largest absolute Gasteiger partial charge is 0.381 e. The van der Waals surface area contributed by atoms with Gasteiger partial charge < -0.3 is 5.32 Å². The minimum absolute atomic E-state index is 0.255. The molecular weight excluding hydrogens is 327 g/mol. The van der Waals surface area contributed by atoms with Crippen molar-refractivity contribution in [2.24, 2.45) is 0 Å². The van der Waals surface area contributed by atoms with Gasteiger partial charge in [-0.05, 0) is 43.2 Å². The Kier molecular flexibility index (Phi) is 4.79. The highest BCUT2D eigenvalue weighted by atomic mass is 19.3. The Morgan fingerprint density at radius 2 is 1.84 bits per heavy atom. The Morgan fingerprint density at radius 1 is 1.08 bits per heavy atom. The smallest absolute Gasteiger partial charge is 0.333 e. The molecule has 0 bridgehead atoms. The molecule has 0 radical (unpaired) electrons. The van der Waals surface area contributed by atoms with Gasteiger partial charge in [0.15, 0.2) is 0 Å². The van der Waals surface area contributed by atoms with E-state index < -0.39 is 12.4 Å². The number of aryl methyl sites for hydroxylation is 2. The number of aromatic nitrogens is 2. The van der Waals surface area contributed by atoms with Crippen molar-refractivity contribution in [1.82, 2.24) is 9.78 Å². The second-order valence-corrected chi connectivity index (χ2v) is 5.86. The molecule has 0 fully saturated rings. The number of alkyl halides is 2. The van der Waals surface area contributed by atoms with E-state index in [-0.39, 0.29) is 5.56 Å². The molecule has 1 aromatic heterocycles. The minimum atomic E-state index is -2.74. The fourth-order valence-corrected chi connectivity index (χ4v) is 2.70. The Morgan fingerprint density at radius 3 is 2.48 bits per heavy atom. The number of rotatable bonds is 5. The molecule has 6 heteroatoms. The van der Waals surface area contributed by atoms with Crippen molar-refractivity contribution < 1.29 is 13.2 Å². The van der Waals surface area contributed by atoms with E-state index in [1.165, 1.54) is 12.3 Å². The third-order valence-corrected chi connectivity index (χ3v) is 4.12. The third-order valence-electron chi connectivity index (χ3n) is 4.12. The number of nitrogens with one attached hydrogen (secondary N) is 1. The summed E-state index contributed by atoms with van der Waals surface area (Å²) in [7, 11) is 0. The molecule has 0 aliphatic rings. The van der Waals surface area contributed by atoms with E-state index in [4.69, 9.17) is 0 Å². The van der Waals surface area contributed by atoms with Gasteiger partial charge in [-0.25, -0.2) is 9.07 Å². The van der Waals surface area contributed by atoms with Crippen molar-refractivity contribution >= 4 is 5.69 Å². The lowest BCUT2D eigenvalue weighted by Gasteiger charge is -2.10. The molecule has 0 aliphatic heterocycles. The molecule has 3 aromatic rings. The van der Waals surface area contributed by atoms with E-state index in [2.05, 4.69) is 10.4 Å². The van der Waals surface area contributed by atoms with Crippen LogP contribution in [0, 0.1) is 19.7 Å². The van der Waals surface area contributed by atoms with Crippen molar-refractivity contribution in [2.75, 3.05) is 5.32 Å². The van der Waals surface area contributed by atoms with E-state index in [1.807, 2.05) is 31.2 Å². The Bertz CT molecular complexity index is 887. The maximum absolute atomic E-state index is 14.5. The van der Waals surface area contributed by atoms with Crippen molar-refractivity contribution in [3.63, 3.8) is 0 Å². The van der Waals surface area contributed by atoms with Crippen molar-refractivity contribution in [3.8, 4) is 11.1 Å². The molecule has 0 spiro atoms. The normalized spacial score (nSPS) is 11.1. The molecular formula is C19H18F3N3. The second-order valence-electron chi connectivity index (χ2n) is 5.86. The molecule has 0 atom stereocenters.